The van der Waals surface area contributed by atoms with Gasteiger partial charge >= 0.3 is 5.97 Å². The van der Waals surface area contributed by atoms with Crippen LogP contribution in [0.1, 0.15) is 17.3 Å². The van der Waals surface area contributed by atoms with Gasteiger partial charge in [-0.1, -0.05) is 0 Å². The van der Waals surface area contributed by atoms with Crippen LogP contribution >= 0.6 is 0 Å². The number of hydrogen-bond acceptors (Lipinski definition) is 6. The highest BCUT2D eigenvalue weighted by Crippen LogP contribution is 2.27. The molecule has 0 aliphatic carbocycles. The number of aromatic nitrogens is 1. The third-order valence-electron chi connectivity index (χ3n) is 3.22. The minimum Gasteiger partial charge on any atom is -0.462 e. The Morgan fingerprint density at radius 1 is 1.26 bits per heavy atom. The average Bonchev–Trinajstić information content (AvgIpc) is 2.98. The van der Waals surface area contributed by atoms with Gasteiger partial charge in [-0.2, -0.15) is 0 Å². The molecule has 0 saturated heterocycles. The zero-order chi connectivity index (χ0) is 16.4. The molecule has 0 fully saturated rings. The number of ether oxygens (including phenoxy) is 1. The van der Waals surface area contributed by atoms with Crippen LogP contribution in [-0.4, -0.2) is 22.5 Å². The number of nitrogens with zero attached hydrogens (tertiary/aromatic N) is 2. The maximum Gasteiger partial charge on any atom is 0.338 e. The van der Waals surface area contributed by atoms with Crippen molar-refractivity contribution in [2.75, 3.05) is 6.61 Å². The van der Waals surface area contributed by atoms with Gasteiger partial charge in [-0.05, 0) is 37.3 Å². The second-order valence-corrected chi connectivity index (χ2v) is 4.73. The highest BCUT2D eigenvalue weighted by atomic mass is 16.6. The fourth-order valence-corrected chi connectivity index (χ4v) is 2.12. The maximum absolute atomic E-state index is 11.6. The topological polar surface area (TPSA) is 95.5 Å². The van der Waals surface area contributed by atoms with Crippen LogP contribution in [0.15, 0.2) is 46.9 Å². The Kier molecular flexibility index (Phi) is 3.76. The molecule has 0 N–H and O–H groups in total. The second-order valence-electron chi connectivity index (χ2n) is 4.73. The largest absolute Gasteiger partial charge is 0.462 e. The zero-order valence-corrected chi connectivity index (χ0v) is 12.2. The molecule has 0 radical (unpaired) electrons. The summed E-state index contributed by atoms with van der Waals surface area (Å²) < 4.78 is 10.5. The first-order chi connectivity index (χ1) is 11.1. The van der Waals surface area contributed by atoms with Crippen molar-refractivity contribution in [3.8, 4) is 11.5 Å². The number of carbonyl (C=O) groups excluding carboxylic acids is 1. The molecule has 3 rings (SSSR count). The van der Waals surface area contributed by atoms with Gasteiger partial charge < -0.3 is 9.15 Å². The van der Waals surface area contributed by atoms with Crippen molar-refractivity contribution in [2.45, 2.75) is 6.92 Å². The van der Waals surface area contributed by atoms with Crippen LogP contribution in [-0.2, 0) is 4.74 Å². The van der Waals surface area contributed by atoms with Crippen LogP contribution in [0, 0.1) is 10.1 Å². The lowest BCUT2D eigenvalue weighted by Gasteiger charge is -2.01. The van der Waals surface area contributed by atoms with Gasteiger partial charge in [0, 0.05) is 17.7 Å². The molecule has 0 unspecified atom stereocenters. The summed E-state index contributed by atoms with van der Waals surface area (Å²) in [5.41, 5.74) is 1.91. The van der Waals surface area contributed by atoms with Gasteiger partial charge in [0.1, 0.15) is 5.52 Å². The van der Waals surface area contributed by atoms with Gasteiger partial charge in [0.2, 0.25) is 5.89 Å². The number of carbonyl (C=O) groups is 1. The van der Waals surface area contributed by atoms with Crippen LogP contribution in [0.2, 0.25) is 0 Å². The van der Waals surface area contributed by atoms with Gasteiger partial charge in [-0.25, -0.2) is 9.78 Å². The number of fused-ring (bicyclic) bond motifs is 1. The molecule has 0 bridgehead atoms. The summed E-state index contributed by atoms with van der Waals surface area (Å²) >= 11 is 0. The molecule has 1 heterocycles. The average molecular weight is 312 g/mol. The van der Waals surface area contributed by atoms with E-state index in [1.807, 2.05) is 0 Å². The van der Waals surface area contributed by atoms with E-state index in [-0.39, 0.29) is 5.69 Å². The number of non-ortho nitro benzene ring substituents is 1. The third-order valence-corrected chi connectivity index (χ3v) is 3.22. The third kappa shape index (κ3) is 2.89. The second kappa shape index (κ2) is 5.88. The first-order valence-electron chi connectivity index (χ1n) is 6.91. The lowest BCUT2D eigenvalue weighted by atomic mass is 10.1. The van der Waals surface area contributed by atoms with E-state index in [1.54, 1.807) is 31.2 Å². The number of oxazole rings is 1. The zero-order valence-electron chi connectivity index (χ0n) is 12.2. The SMILES string of the molecule is CCOC(=O)c1ccc(-c2nc3cc([N+](=O)[O-])ccc3o2)cc1. The standard InChI is InChI=1S/C16H12N2O5/c1-2-22-16(19)11-5-3-10(4-6-11)15-17-13-9-12(18(20)21)7-8-14(13)23-15/h3-9H,2H2,1H3. The van der Waals surface area contributed by atoms with Gasteiger partial charge in [-0.3, -0.25) is 10.1 Å². The number of esters is 1. The summed E-state index contributed by atoms with van der Waals surface area (Å²) in [6, 6.07) is 10.8. The number of nitro groups is 1. The van der Waals surface area contributed by atoms with Gasteiger partial charge in [0.15, 0.2) is 5.58 Å². The monoisotopic (exact) mass is 312 g/mol. The predicted molar refractivity (Wildman–Crippen MR) is 82.1 cm³/mol. The minimum absolute atomic E-state index is 0.0463. The van der Waals surface area contributed by atoms with Crippen molar-refractivity contribution in [1.29, 1.82) is 0 Å². The van der Waals surface area contributed by atoms with Crippen molar-refractivity contribution in [2.24, 2.45) is 0 Å². The number of nitro benzene ring substituents is 1. The summed E-state index contributed by atoms with van der Waals surface area (Å²) in [6.07, 6.45) is 0. The van der Waals surface area contributed by atoms with E-state index in [2.05, 4.69) is 4.98 Å². The molecule has 0 aliphatic heterocycles. The lowest BCUT2D eigenvalue weighted by Crippen LogP contribution is -2.03. The van der Waals surface area contributed by atoms with Crippen molar-refractivity contribution in [1.82, 2.24) is 4.98 Å². The fourth-order valence-electron chi connectivity index (χ4n) is 2.12. The molecule has 0 amide bonds. The van der Waals surface area contributed by atoms with E-state index in [0.29, 0.717) is 34.7 Å². The van der Waals surface area contributed by atoms with Crippen LogP contribution in [0.5, 0.6) is 0 Å². The Hall–Kier alpha value is -3.22. The molecular weight excluding hydrogens is 300 g/mol. The molecule has 7 nitrogen and oxygen atoms in total. The van der Waals surface area contributed by atoms with E-state index >= 15 is 0 Å². The first kappa shape index (κ1) is 14.7. The van der Waals surface area contributed by atoms with Gasteiger partial charge in [0.25, 0.3) is 5.69 Å². The molecular formula is C16H12N2O5. The molecule has 23 heavy (non-hydrogen) atoms. The van der Waals surface area contributed by atoms with Gasteiger partial charge in [0.05, 0.1) is 17.1 Å². The number of benzene rings is 2. The van der Waals surface area contributed by atoms with Crippen molar-refractivity contribution >= 4 is 22.8 Å². The predicted octanol–water partition coefficient (Wildman–Crippen LogP) is 3.58. The Morgan fingerprint density at radius 2 is 2.00 bits per heavy atom. The summed E-state index contributed by atoms with van der Waals surface area (Å²) in [5.74, 6) is -0.0665. The molecule has 0 atom stereocenters. The number of rotatable bonds is 4. The minimum atomic E-state index is -0.484. The maximum atomic E-state index is 11.6. The summed E-state index contributed by atoms with van der Waals surface area (Å²) in [7, 11) is 0. The first-order valence-corrected chi connectivity index (χ1v) is 6.91. The van der Waals surface area contributed by atoms with Crippen molar-refractivity contribution in [3.63, 3.8) is 0 Å². The summed E-state index contributed by atoms with van der Waals surface area (Å²) in [6.45, 7) is 2.05. The van der Waals surface area contributed by atoms with Gasteiger partial charge in [-0.15, -0.1) is 0 Å². The molecule has 0 aliphatic rings. The molecule has 0 saturated carbocycles. The summed E-state index contributed by atoms with van der Waals surface area (Å²) in [4.78, 5) is 26.2. The normalized spacial score (nSPS) is 10.7. The quantitative estimate of drug-likeness (QED) is 0.415. The van der Waals surface area contributed by atoms with Crippen LogP contribution in [0.4, 0.5) is 5.69 Å². The van der Waals surface area contributed by atoms with Crippen LogP contribution in [0.3, 0.4) is 0 Å². The van der Waals surface area contributed by atoms with Crippen molar-refractivity contribution in [3.05, 3.63) is 58.1 Å². The van der Waals surface area contributed by atoms with E-state index in [1.165, 1.54) is 18.2 Å². The summed E-state index contributed by atoms with van der Waals surface area (Å²) in [5, 5.41) is 10.8. The van der Waals surface area contributed by atoms with E-state index in [0.717, 1.165) is 0 Å². The molecule has 116 valence electrons. The van der Waals surface area contributed by atoms with Crippen LogP contribution in [0.25, 0.3) is 22.6 Å². The molecule has 3 aromatic rings. The van der Waals surface area contributed by atoms with E-state index in [9.17, 15) is 14.9 Å². The number of hydrogen-bond donors (Lipinski definition) is 0. The molecule has 1 aromatic heterocycles. The smallest absolute Gasteiger partial charge is 0.338 e. The molecule has 7 heteroatoms. The Balaban J connectivity index is 1.93. The van der Waals surface area contributed by atoms with Crippen molar-refractivity contribution < 1.29 is 18.9 Å². The molecule has 2 aromatic carbocycles. The van der Waals surface area contributed by atoms with E-state index < -0.39 is 10.9 Å². The highest BCUT2D eigenvalue weighted by molar-refractivity contribution is 5.90. The lowest BCUT2D eigenvalue weighted by molar-refractivity contribution is -0.384. The Labute approximate surface area is 130 Å². The molecule has 0 spiro atoms. The Bertz CT molecular complexity index is 883. The Morgan fingerprint density at radius 3 is 2.65 bits per heavy atom. The highest BCUT2D eigenvalue weighted by Gasteiger charge is 2.13. The van der Waals surface area contributed by atoms with E-state index in [4.69, 9.17) is 9.15 Å². The fraction of sp³-hybridized carbons (Fsp3) is 0.125. The van der Waals surface area contributed by atoms with Crippen LogP contribution < -0.4 is 0 Å².